The Hall–Kier alpha value is -2.38. The maximum absolute atomic E-state index is 12.6. The molecule has 6 N–H and O–H groups in total. The van der Waals surface area contributed by atoms with Crippen LogP contribution in [0.15, 0.2) is 10.5 Å². The van der Waals surface area contributed by atoms with Crippen molar-refractivity contribution < 1.29 is 29.4 Å². The van der Waals surface area contributed by atoms with Crippen LogP contribution >= 0.6 is 23.1 Å². The highest BCUT2D eigenvalue weighted by atomic mass is 32.2. The predicted molar refractivity (Wildman–Crippen MR) is 99.7 cm³/mol. The molecule has 0 unspecified atom stereocenters. The lowest BCUT2D eigenvalue weighted by atomic mass is 10.0. The van der Waals surface area contributed by atoms with Gasteiger partial charge in [0.1, 0.15) is 18.8 Å². The number of carbonyl (C=O) groups is 3. The molecular formula is C14H19N5O6S2. The summed E-state index contributed by atoms with van der Waals surface area (Å²) in [6.45, 7) is 3.36. The van der Waals surface area contributed by atoms with Crippen molar-refractivity contribution in [2.45, 2.75) is 36.1 Å². The zero-order valence-electron chi connectivity index (χ0n) is 14.6. The van der Waals surface area contributed by atoms with Gasteiger partial charge in [-0.25, -0.2) is 9.78 Å². The van der Waals surface area contributed by atoms with Crippen LogP contribution in [0.3, 0.4) is 0 Å². The number of carboxylic acids is 2. The quantitative estimate of drug-likeness (QED) is 0.288. The summed E-state index contributed by atoms with van der Waals surface area (Å²) < 4.78 is -0.776. The van der Waals surface area contributed by atoms with E-state index < -0.39 is 40.1 Å². The van der Waals surface area contributed by atoms with E-state index in [0.717, 1.165) is 23.1 Å². The number of anilines is 1. The summed E-state index contributed by atoms with van der Waals surface area (Å²) >= 11 is 2.20. The van der Waals surface area contributed by atoms with E-state index in [9.17, 15) is 24.6 Å². The van der Waals surface area contributed by atoms with Gasteiger partial charge in [0.25, 0.3) is 5.91 Å². The Labute approximate surface area is 162 Å². The van der Waals surface area contributed by atoms with Gasteiger partial charge < -0.3 is 26.1 Å². The molecule has 0 saturated carbocycles. The molecule has 13 heteroatoms. The number of rotatable bonds is 7. The fourth-order valence-corrected chi connectivity index (χ4v) is 4.53. The highest BCUT2D eigenvalue weighted by Gasteiger charge is 2.49. The Morgan fingerprint density at radius 1 is 1.44 bits per heavy atom. The standard InChI is InChI=1S/C14H19N5O6S2/c1-14(2)8(12(23)24)18-10(27-14)7(11(21)22)17-9(20)6(19-25-3)5-4-26-13(15)16-5/h4,7-8,10,18H,1-3H3,(H2,15,16)(H,17,20)(H,21,22)(H,23,24)/b19-6-/t7-,8-,10+/m0/s1. The molecule has 1 aliphatic heterocycles. The number of carboxylic acid groups (broad SMARTS) is 2. The van der Waals surface area contributed by atoms with E-state index in [2.05, 4.69) is 25.6 Å². The van der Waals surface area contributed by atoms with Gasteiger partial charge in [-0.3, -0.25) is 14.9 Å². The van der Waals surface area contributed by atoms with Crippen LogP contribution in [-0.2, 0) is 19.2 Å². The Morgan fingerprint density at radius 2 is 2.11 bits per heavy atom. The lowest BCUT2D eigenvalue weighted by Crippen LogP contribution is -2.55. The second kappa shape index (κ2) is 8.10. The highest BCUT2D eigenvalue weighted by molar-refractivity contribution is 8.01. The van der Waals surface area contributed by atoms with E-state index in [-0.39, 0.29) is 16.5 Å². The molecule has 0 spiro atoms. The summed E-state index contributed by atoms with van der Waals surface area (Å²) in [7, 11) is 1.23. The first-order valence-electron chi connectivity index (χ1n) is 7.59. The number of aliphatic carboxylic acids is 2. The zero-order valence-corrected chi connectivity index (χ0v) is 16.3. The zero-order chi connectivity index (χ0) is 20.4. The third-order valence-electron chi connectivity index (χ3n) is 3.72. The van der Waals surface area contributed by atoms with Gasteiger partial charge in [0.15, 0.2) is 16.9 Å². The number of hydrogen-bond donors (Lipinski definition) is 5. The molecule has 0 aromatic carbocycles. The molecule has 148 valence electrons. The van der Waals surface area contributed by atoms with Crippen LogP contribution in [0.5, 0.6) is 0 Å². The molecule has 27 heavy (non-hydrogen) atoms. The SMILES string of the molecule is CO/N=C(\C(=O)N[C@H](C(=O)O)[C@@H]1N[C@@H](C(=O)O)C(C)(C)S1)c1csc(N)n1. The number of thioether (sulfide) groups is 1. The molecule has 0 aliphatic carbocycles. The van der Waals surface area contributed by atoms with Gasteiger partial charge in [-0.2, -0.15) is 0 Å². The summed E-state index contributed by atoms with van der Waals surface area (Å²) in [5, 5.41) is 28.4. The van der Waals surface area contributed by atoms with Crippen LogP contribution in [-0.4, -0.2) is 68.1 Å². The van der Waals surface area contributed by atoms with Gasteiger partial charge in [-0.05, 0) is 13.8 Å². The maximum Gasteiger partial charge on any atom is 0.328 e. The average Bonchev–Trinajstić information content (AvgIpc) is 3.12. The lowest BCUT2D eigenvalue weighted by molar-refractivity contribution is -0.143. The smallest absolute Gasteiger partial charge is 0.328 e. The molecular weight excluding hydrogens is 398 g/mol. The molecule has 1 amide bonds. The van der Waals surface area contributed by atoms with Crippen LogP contribution in [0.4, 0.5) is 5.13 Å². The number of hydrogen-bond acceptors (Lipinski definition) is 10. The van der Waals surface area contributed by atoms with Crippen molar-refractivity contribution in [1.82, 2.24) is 15.6 Å². The number of nitrogen functional groups attached to an aromatic ring is 1. The number of nitrogens with one attached hydrogen (secondary N) is 2. The van der Waals surface area contributed by atoms with Crippen molar-refractivity contribution in [3.05, 3.63) is 11.1 Å². The number of nitrogens with two attached hydrogens (primary N) is 1. The largest absolute Gasteiger partial charge is 0.480 e. The molecule has 3 atom stereocenters. The number of oxime groups is 1. The van der Waals surface area contributed by atoms with Crippen molar-refractivity contribution in [1.29, 1.82) is 0 Å². The Bertz CT molecular complexity index is 780. The minimum absolute atomic E-state index is 0.136. The number of carbonyl (C=O) groups excluding carboxylic acids is 1. The minimum atomic E-state index is -1.41. The molecule has 1 fully saturated rings. The second-order valence-electron chi connectivity index (χ2n) is 6.06. The number of thiazole rings is 1. The van der Waals surface area contributed by atoms with E-state index in [4.69, 9.17) is 5.73 Å². The Balaban J connectivity index is 2.23. The van der Waals surface area contributed by atoms with Gasteiger partial charge in [0.05, 0.1) is 5.37 Å². The summed E-state index contributed by atoms with van der Waals surface area (Å²) in [6.07, 6.45) is 0. The normalized spacial score (nSPS) is 22.9. The van der Waals surface area contributed by atoms with Gasteiger partial charge in [-0.1, -0.05) is 5.16 Å². The Kier molecular flexibility index (Phi) is 6.28. The fourth-order valence-electron chi connectivity index (χ4n) is 2.50. The molecule has 0 bridgehead atoms. The van der Waals surface area contributed by atoms with Crippen LogP contribution in [0.2, 0.25) is 0 Å². The monoisotopic (exact) mass is 417 g/mol. The first-order valence-corrected chi connectivity index (χ1v) is 9.35. The van der Waals surface area contributed by atoms with Crippen molar-refractivity contribution in [2.75, 3.05) is 12.8 Å². The summed E-state index contributed by atoms with van der Waals surface area (Å²) in [6, 6.07) is -2.39. The fraction of sp³-hybridized carbons (Fsp3) is 0.500. The second-order valence-corrected chi connectivity index (χ2v) is 8.75. The number of amides is 1. The summed E-state index contributed by atoms with van der Waals surface area (Å²) in [5.74, 6) is -3.27. The van der Waals surface area contributed by atoms with Crippen molar-refractivity contribution in [3.63, 3.8) is 0 Å². The van der Waals surface area contributed by atoms with Crippen LogP contribution in [0.1, 0.15) is 19.5 Å². The molecule has 1 saturated heterocycles. The lowest BCUT2D eigenvalue weighted by Gasteiger charge is -2.22. The summed E-state index contributed by atoms with van der Waals surface area (Å²) in [4.78, 5) is 44.3. The first-order chi connectivity index (χ1) is 12.6. The van der Waals surface area contributed by atoms with Gasteiger partial charge >= 0.3 is 11.9 Å². The van der Waals surface area contributed by atoms with E-state index in [0.29, 0.717) is 0 Å². The van der Waals surface area contributed by atoms with E-state index >= 15 is 0 Å². The first kappa shape index (κ1) is 20.9. The third-order valence-corrected chi connectivity index (χ3v) is 5.90. The third kappa shape index (κ3) is 4.67. The molecule has 0 radical (unpaired) electrons. The van der Waals surface area contributed by atoms with Crippen molar-refractivity contribution >= 4 is 51.8 Å². The van der Waals surface area contributed by atoms with Crippen LogP contribution < -0.4 is 16.4 Å². The van der Waals surface area contributed by atoms with Gasteiger partial charge in [0, 0.05) is 10.1 Å². The molecule has 11 nitrogen and oxygen atoms in total. The minimum Gasteiger partial charge on any atom is -0.480 e. The molecule has 2 rings (SSSR count). The van der Waals surface area contributed by atoms with E-state index in [1.807, 2.05) is 0 Å². The number of aromatic nitrogens is 1. The topological polar surface area (TPSA) is 176 Å². The van der Waals surface area contributed by atoms with Gasteiger partial charge in [0.2, 0.25) is 0 Å². The van der Waals surface area contributed by atoms with Crippen molar-refractivity contribution in [3.8, 4) is 0 Å². The molecule has 1 aromatic rings. The average molecular weight is 417 g/mol. The molecule has 1 aromatic heterocycles. The molecule has 2 heterocycles. The van der Waals surface area contributed by atoms with Crippen molar-refractivity contribution in [2.24, 2.45) is 5.16 Å². The van der Waals surface area contributed by atoms with E-state index in [1.54, 1.807) is 13.8 Å². The summed E-state index contributed by atoms with van der Waals surface area (Å²) in [5.41, 5.74) is 5.45. The van der Waals surface area contributed by atoms with Crippen LogP contribution in [0, 0.1) is 0 Å². The van der Waals surface area contributed by atoms with Crippen LogP contribution in [0.25, 0.3) is 0 Å². The Morgan fingerprint density at radius 3 is 2.56 bits per heavy atom. The van der Waals surface area contributed by atoms with E-state index in [1.165, 1.54) is 12.5 Å². The maximum atomic E-state index is 12.6. The highest BCUT2D eigenvalue weighted by Crippen LogP contribution is 2.39. The molecule has 1 aliphatic rings. The van der Waals surface area contributed by atoms with Gasteiger partial charge in [-0.15, -0.1) is 23.1 Å². The predicted octanol–water partition coefficient (Wildman–Crippen LogP) is -0.460. The number of nitrogens with zero attached hydrogens (tertiary/aromatic N) is 2.